The van der Waals surface area contributed by atoms with Crippen LogP contribution >= 0.6 is 0 Å². The summed E-state index contributed by atoms with van der Waals surface area (Å²) in [5, 5.41) is 0. The van der Waals surface area contributed by atoms with Gasteiger partial charge < -0.3 is 10.5 Å². The fourth-order valence-corrected chi connectivity index (χ4v) is 1.72. The maximum absolute atomic E-state index is 6.01. The minimum absolute atomic E-state index is 0.0880. The Kier molecular flexibility index (Phi) is 2.07. The number of fused-ring (bicyclic) bond motifs is 1. The summed E-state index contributed by atoms with van der Waals surface area (Å²) in [5.74, 6) is 0.874. The molecule has 1 unspecified atom stereocenters. The van der Waals surface area contributed by atoms with Crippen molar-refractivity contribution in [2.45, 2.75) is 12.5 Å². The molecule has 0 fully saturated rings. The van der Waals surface area contributed by atoms with Crippen molar-refractivity contribution in [3.8, 4) is 0 Å². The number of benzene rings is 1. The van der Waals surface area contributed by atoms with Gasteiger partial charge in [-0.15, -0.1) is 0 Å². The Bertz CT molecular complexity index is 344. The molecule has 0 amide bonds. The predicted molar refractivity (Wildman–Crippen MR) is 52.2 cm³/mol. The van der Waals surface area contributed by atoms with E-state index >= 15 is 0 Å². The van der Waals surface area contributed by atoms with Crippen molar-refractivity contribution >= 4 is 0 Å². The zero-order valence-electron chi connectivity index (χ0n) is 7.66. The quantitative estimate of drug-likeness (QED) is 0.706. The molecule has 13 heavy (non-hydrogen) atoms. The Balaban J connectivity index is 2.41. The van der Waals surface area contributed by atoms with E-state index in [4.69, 9.17) is 10.5 Å². The maximum atomic E-state index is 6.01. The van der Waals surface area contributed by atoms with E-state index in [-0.39, 0.29) is 6.04 Å². The number of nitrogens with two attached hydrogens (primary N) is 1. The summed E-state index contributed by atoms with van der Waals surface area (Å²) in [6.45, 7) is 0. The van der Waals surface area contributed by atoms with E-state index < -0.39 is 0 Å². The third-order valence-corrected chi connectivity index (χ3v) is 2.46. The highest BCUT2D eigenvalue weighted by Gasteiger charge is 2.19. The fourth-order valence-electron chi connectivity index (χ4n) is 1.72. The van der Waals surface area contributed by atoms with Crippen molar-refractivity contribution in [1.82, 2.24) is 0 Å². The molecule has 0 aliphatic heterocycles. The van der Waals surface area contributed by atoms with E-state index in [1.54, 1.807) is 7.11 Å². The first kappa shape index (κ1) is 8.32. The summed E-state index contributed by atoms with van der Waals surface area (Å²) in [7, 11) is 1.67. The molecular formula is C11H13NO. The molecule has 1 aliphatic carbocycles. The number of rotatable bonds is 1. The molecule has 0 aromatic heterocycles. The Hall–Kier alpha value is -1.28. The molecule has 2 heteroatoms. The molecule has 0 saturated carbocycles. The highest BCUT2D eigenvalue weighted by atomic mass is 16.5. The molecule has 2 N–H and O–H groups in total. The molecule has 0 heterocycles. The van der Waals surface area contributed by atoms with Crippen molar-refractivity contribution in [2.24, 2.45) is 5.73 Å². The van der Waals surface area contributed by atoms with Crippen molar-refractivity contribution in [1.29, 1.82) is 0 Å². The van der Waals surface area contributed by atoms with Gasteiger partial charge in [-0.3, -0.25) is 0 Å². The highest BCUT2D eigenvalue weighted by Crippen LogP contribution is 2.28. The zero-order valence-corrected chi connectivity index (χ0v) is 7.66. The topological polar surface area (TPSA) is 35.2 Å². The van der Waals surface area contributed by atoms with Gasteiger partial charge in [-0.2, -0.15) is 0 Å². The van der Waals surface area contributed by atoms with E-state index in [2.05, 4.69) is 12.1 Å². The first-order valence-corrected chi connectivity index (χ1v) is 4.40. The molecular weight excluding hydrogens is 162 g/mol. The van der Waals surface area contributed by atoms with Gasteiger partial charge in [0.05, 0.1) is 13.2 Å². The van der Waals surface area contributed by atoms with E-state index in [0.717, 1.165) is 12.2 Å². The molecule has 1 aliphatic rings. The largest absolute Gasteiger partial charge is 0.499 e. The minimum Gasteiger partial charge on any atom is -0.499 e. The van der Waals surface area contributed by atoms with Crippen LogP contribution in [0.5, 0.6) is 0 Å². The second kappa shape index (κ2) is 3.23. The highest BCUT2D eigenvalue weighted by molar-refractivity contribution is 5.38. The third kappa shape index (κ3) is 1.33. The van der Waals surface area contributed by atoms with E-state index in [1.807, 2.05) is 18.2 Å². The van der Waals surface area contributed by atoms with Crippen LogP contribution in [0.15, 0.2) is 36.1 Å². The standard InChI is InChI=1S/C11H13NO/c1-13-10-7-6-8-4-2-3-5-9(8)11(10)12/h2-5,7,11H,6,12H2,1H3. The lowest BCUT2D eigenvalue weighted by Gasteiger charge is -2.22. The maximum Gasteiger partial charge on any atom is 0.113 e. The molecule has 68 valence electrons. The fraction of sp³-hybridized carbons (Fsp3) is 0.273. The van der Waals surface area contributed by atoms with Gasteiger partial charge in [0.1, 0.15) is 5.76 Å². The number of methoxy groups -OCH3 is 1. The van der Waals surface area contributed by atoms with Crippen molar-refractivity contribution in [3.05, 3.63) is 47.2 Å². The Morgan fingerprint density at radius 3 is 2.92 bits per heavy atom. The van der Waals surface area contributed by atoms with Crippen LogP contribution in [0.1, 0.15) is 17.2 Å². The molecule has 0 bridgehead atoms. The smallest absolute Gasteiger partial charge is 0.113 e. The second-order valence-corrected chi connectivity index (χ2v) is 3.19. The molecule has 0 radical (unpaired) electrons. The van der Waals surface area contributed by atoms with Gasteiger partial charge in [-0.1, -0.05) is 24.3 Å². The minimum atomic E-state index is -0.0880. The first-order valence-electron chi connectivity index (χ1n) is 4.40. The van der Waals surface area contributed by atoms with Gasteiger partial charge in [-0.05, 0) is 23.6 Å². The molecule has 0 saturated heterocycles. The van der Waals surface area contributed by atoms with Crippen molar-refractivity contribution in [2.75, 3.05) is 7.11 Å². The molecule has 1 aromatic rings. The average molecular weight is 175 g/mol. The molecule has 0 spiro atoms. The zero-order chi connectivity index (χ0) is 9.26. The number of hydrogen-bond acceptors (Lipinski definition) is 2. The summed E-state index contributed by atoms with van der Waals surface area (Å²) in [5.41, 5.74) is 8.49. The van der Waals surface area contributed by atoms with Crippen molar-refractivity contribution in [3.63, 3.8) is 0 Å². The lowest BCUT2D eigenvalue weighted by molar-refractivity contribution is 0.261. The van der Waals surface area contributed by atoms with Crippen LogP contribution in [0.2, 0.25) is 0 Å². The van der Waals surface area contributed by atoms with E-state index in [0.29, 0.717) is 0 Å². The second-order valence-electron chi connectivity index (χ2n) is 3.19. The Morgan fingerprint density at radius 2 is 2.15 bits per heavy atom. The predicted octanol–water partition coefficient (Wildman–Crippen LogP) is 1.77. The molecule has 1 atom stereocenters. The van der Waals surface area contributed by atoms with Gasteiger partial charge >= 0.3 is 0 Å². The lowest BCUT2D eigenvalue weighted by Crippen LogP contribution is -2.19. The number of hydrogen-bond donors (Lipinski definition) is 1. The normalized spacial score (nSPS) is 20.5. The van der Waals surface area contributed by atoms with Gasteiger partial charge in [0.15, 0.2) is 0 Å². The van der Waals surface area contributed by atoms with Crippen LogP contribution in [0, 0.1) is 0 Å². The summed E-state index contributed by atoms with van der Waals surface area (Å²) in [4.78, 5) is 0. The van der Waals surface area contributed by atoms with Crippen molar-refractivity contribution < 1.29 is 4.74 Å². The lowest BCUT2D eigenvalue weighted by atomic mass is 9.92. The monoisotopic (exact) mass is 175 g/mol. The van der Waals surface area contributed by atoms with Gasteiger partial charge in [-0.25, -0.2) is 0 Å². The third-order valence-electron chi connectivity index (χ3n) is 2.46. The van der Waals surface area contributed by atoms with E-state index in [9.17, 15) is 0 Å². The van der Waals surface area contributed by atoms with Crippen LogP contribution in [-0.2, 0) is 11.2 Å². The Morgan fingerprint density at radius 1 is 1.38 bits per heavy atom. The van der Waals surface area contributed by atoms with Crippen LogP contribution < -0.4 is 5.73 Å². The Labute approximate surface area is 78.0 Å². The van der Waals surface area contributed by atoms with Crippen LogP contribution in [0.3, 0.4) is 0 Å². The van der Waals surface area contributed by atoms with E-state index in [1.165, 1.54) is 11.1 Å². The summed E-state index contributed by atoms with van der Waals surface area (Å²) < 4.78 is 5.20. The van der Waals surface area contributed by atoms with Crippen LogP contribution in [0.4, 0.5) is 0 Å². The molecule has 1 aromatic carbocycles. The summed E-state index contributed by atoms with van der Waals surface area (Å²) in [6.07, 6.45) is 2.97. The summed E-state index contributed by atoms with van der Waals surface area (Å²) in [6, 6.07) is 8.13. The van der Waals surface area contributed by atoms with Gasteiger partial charge in [0.2, 0.25) is 0 Å². The molecule has 2 rings (SSSR count). The SMILES string of the molecule is COC1=CCc2ccccc2C1N. The number of allylic oxidation sites excluding steroid dienone is 1. The number of ether oxygens (including phenoxy) is 1. The van der Waals surface area contributed by atoms with Crippen LogP contribution in [0.25, 0.3) is 0 Å². The van der Waals surface area contributed by atoms with Gasteiger partial charge in [0.25, 0.3) is 0 Å². The summed E-state index contributed by atoms with van der Waals surface area (Å²) >= 11 is 0. The first-order chi connectivity index (χ1) is 6.33. The average Bonchev–Trinajstić information content (AvgIpc) is 2.19. The molecule has 2 nitrogen and oxygen atoms in total. The van der Waals surface area contributed by atoms with Crippen LogP contribution in [-0.4, -0.2) is 7.11 Å². The van der Waals surface area contributed by atoms with Gasteiger partial charge in [0, 0.05) is 0 Å².